The fourth-order valence-electron chi connectivity index (χ4n) is 2.43. The third kappa shape index (κ3) is 4.30. The van der Waals surface area contributed by atoms with Crippen LogP contribution >= 0.6 is 0 Å². The van der Waals surface area contributed by atoms with Crippen molar-refractivity contribution < 1.29 is 19.1 Å². The highest BCUT2D eigenvalue weighted by molar-refractivity contribution is 6.02. The van der Waals surface area contributed by atoms with Crippen molar-refractivity contribution >= 4 is 23.2 Å². The van der Waals surface area contributed by atoms with Crippen LogP contribution < -0.4 is 19.7 Å². The number of nitriles is 1. The first kappa shape index (κ1) is 18.8. The van der Waals surface area contributed by atoms with Gasteiger partial charge in [0.25, 0.3) is 0 Å². The molecule has 0 heterocycles. The van der Waals surface area contributed by atoms with Gasteiger partial charge in [-0.25, -0.2) is 0 Å². The first-order chi connectivity index (χ1) is 12.5. The normalized spacial score (nSPS) is 9.77. The van der Waals surface area contributed by atoms with Crippen LogP contribution in [0.2, 0.25) is 0 Å². The number of amides is 2. The number of hydrogen-bond donors (Lipinski definition) is 1. The van der Waals surface area contributed by atoms with Crippen LogP contribution in [0.5, 0.6) is 11.5 Å². The number of carbonyl (C=O) groups is 2. The van der Waals surface area contributed by atoms with Gasteiger partial charge in [-0.15, -0.1) is 0 Å². The van der Waals surface area contributed by atoms with E-state index in [9.17, 15) is 14.9 Å². The average molecular weight is 353 g/mol. The van der Waals surface area contributed by atoms with Gasteiger partial charge in [0.1, 0.15) is 12.6 Å². The van der Waals surface area contributed by atoms with Crippen molar-refractivity contribution in [2.24, 2.45) is 0 Å². The van der Waals surface area contributed by atoms with Gasteiger partial charge in [-0.05, 0) is 24.3 Å². The summed E-state index contributed by atoms with van der Waals surface area (Å²) in [5.41, 5.74) is 1.22. The minimum Gasteiger partial charge on any atom is -0.493 e. The minimum absolute atomic E-state index is 0.220. The molecular weight excluding hydrogens is 334 g/mol. The van der Waals surface area contributed by atoms with Crippen molar-refractivity contribution in [1.29, 1.82) is 5.26 Å². The fourth-order valence-corrected chi connectivity index (χ4v) is 2.43. The van der Waals surface area contributed by atoms with E-state index in [1.165, 1.54) is 26.0 Å². The molecule has 0 aliphatic carbocycles. The highest BCUT2D eigenvalue weighted by Gasteiger charge is 2.19. The van der Waals surface area contributed by atoms with Crippen molar-refractivity contribution in [3.05, 3.63) is 48.0 Å². The number of carbonyl (C=O) groups excluding carboxylic acids is 2. The maximum absolute atomic E-state index is 12.4. The standard InChI is InChI=1S/C19H19N3O4/c1-13(23)22(16-7-5-4-6-14(16)11-20)12-19(24)21-15-8-9-17(25-2)18(10-15)26-3/h4-10H,12H2,1-3H3,(H,21,24). The quantitative estimate of drug-likeness (QED) is 0.862. The van der Waals surface area contributed by atoms with Crippen molar-refractivity contribution in [1.82, 2.24) is 0 Å². The molecule has 0 aromatic heterocycles. The number of nitrogens with one attached hydrogen (secondary N) is 1. The number of nitrogens with zero attached hydrogens (tertiary/aromatic N) is 2. The van der Waals surface area contributed by atoms with Crippen LogP contribution in [-0.4, -0.2) is 32.6 Å². The molecule has 0 bridgehead atoms. The van der Waals surface area contributed by atoms with Gasteiger partial charge < -0.3 is 19.7 Å². The van der Waals surface area contributed by atoms with E-state index in [0.29, 0.717) is 28.4 Å². The second-order valence-corrected chi connectivity index (χ2v) is 5.35. The van der Waals surface area contributed by atoms with Crippen LogP contribution in [-0.2, 0) is 9.59 Å². The Kier molecular flexibility index (Phi) is 6.17. The Hall–Kier alpha value is -3.53. The molecule has 0 unspecified atom stereocenters. The monoisotopic (exact) mass is 353 g/mol. The minimum atomic E-state index is -0.403. The van der Waals surface area contributed by atoms with E-state index in [1.807, 2.05) is 6.07 Å². The molecule has 0 atom stereocenters. The zero-order valence-corrected chi connectivity index (χ0v) is 14.8. The van der Waals surface area contributed by atoms with E-state index in [2.05, 4.69) is 5.32 Å². The summed E-state index contributed by atoms with van der Waals surface area (Å²) >= 11 is 0. The lowest BCUT2D eigenvalue weighted by atomic mass is 10.1. The lowest BCUT2D eigenvalue weighted by Crippen LogP contribution is -2.37. The van der Waals surface area contributed by atoms with Crippen LogP contribution in [0.15, 0.2) is 42.5 Å². The van der Waals surface area contributed by atoms with Crippen LogP contribution in [0.4, 0.5) is 11.4 Å². The highest BCUT2D eigenvalue weighted by atomic mass is 16.5. The van der Waals surface area contributed by atoms with Crippen molar-refractivity contribution in [2.75, 3.05) is 31.0 Å². The second-order valence-electron chi connectivity index (χ2n) is 5.35. The third-order valence-electron chi connectivity index (χ3n) is 3.66. The third-order valence-corrected chi connectivity index (χ3v) is 3.66. The summed E-state index contributed by atoms with van der Waals surface area (Å²) in [6, 6.07) is 13.6. The summed E-state index contributed by atoms with van der Waals surface area (Å²) in [5.74, 6) is 0.276. The molecule has 0 aliphatic heterocycles. The number of anilines is 2. The predicted octanol–water partition coefficient (Wildman–Crippen LogP) is 2.57. The molecule has 1 N–H and O–H groups in total. The van der Waals surface area contributed by atoms with Crippen molar-refractivity contribution in [3.63, 3.8) is 0 Å². The van der Waals surface area contributed by atoms with Gasteiger partial charge in [0.05, 0.1) is 25.5 Å². The molecule has 0 aliphatic rings. The lowest BCUT2D eigenvalue weighted by Gasteiger charge is -2.21. The highest BCUT2D eigenvalue weighted by Crippen LogP contribution is 2.29. The Morgan fingerprint density at radius 3 is 2.42 bits per heavy atom. The number of rotatable bonds is 6. The van der Waals surface area contributed by atoms with Gasteiger partial charge in [0, 0.05) is 18.7 Å². The largest absolute Gasteiger partial charge is 0.493 e. The van der Waals surface area contributed by atoms with Crippen LogP contribution in [0.1, 0.15) is 12.5 Å². The van der Waals surface area contributed by atoms with Crippen LogP contribution in [0, 0.1) is 11.3 Å². The smallest absolute Gasteiger partial charge is 0.244 e. The number of benzene rings is 2. The molecule has 2 aromatic rings. The summed E-state index contributed by atoms with van der Waals surface area (Å²) in [6.45, 7) is 1.13. The second kappa shape index (κ2) is 8.53. The first-order valence-electron chi connectivity index (χ1n) is 7.79. The SMILES string of the molecule is COc1ccc(NC(=O)CN(C(C)=O)c2ccccc2C#N)cc1OC. The molecule has 26 heavy (non-hydrogen) atoms. The van der Waals surface area contributed by atoms with E-state index in [0.717, 1.165) is 0 Å². The van der Waals surface area contributed by atoms with Gasteiger partial charge >= 0.3 is 0 Å². The Morgan fingerprint density at radius 2 is 1.81 bits per heavy atom. The summed E-state index contributed by atoms with van der Waals surface area (Å²) in [5, 5.41) is 11.9. The molecule has 0 radical (unpaired) electrons. The molecular formula is C19H19N3O4. The number of methoxy groups -OCH3 is 2. The summed E-state index contributed by atoms with van der Waals surface area (Å²) < 4.78 is 10.4. The number of para-hydroxylation sites is 1. The molecule has 0 spiro atoms. The Morgan fingerprint density at radius 1 is 1.12 bits per heavy atom. The molecule has 7 heteroatoms. The summed E-state index contributed by atoms with van der Waals surface area (Å²) in [6.07, 6.45) is 0. The average Bonchev–Trinajstić information content (AvgIpc) is 2.65. The number of ether oxygens (including phenoxy) is 2. The zero-order chi connectivity index (χ0) is 19.1. The Balaban J connectivity index is 2.19. The van der Waals surface area contributed by atoms with Gasteiger partial charge in [-0.1, -0.05) is 12.1 Å². The van der Waals surface area contributed by atoms with Gasteiger partial charge in [0.2, 0.25) is 11.8 Å². The molecule has 0 saturated heterocycles. The van der Waals surface area contributed by atoms with E-state index in [4.69, 9.17) is 9.47 Å². The van der Waals surface area contributed by atoms with Gasteiger partial charge in [-0.3, -0.25) is 9.59 Å². The first-order valence-corrected chi connectivity index (χ1v) is 7.79. The fraction of sp³-hybridized carbons (Fsp3) is 0.211. The Labute approximate surface area is 151 Å². The molecule has 7 nitrogen and oxygen atoms in total. The maximum Gasteiger partial charge on any atom is 0.244 e. The van der Waals surface area contributed by atoms with Crippen LogP contribution in [0.3, 0.4) is 0 Å². The molecule has 2 rings (SSSR count). The van der Waals surface area contributed by atoms with Gasteiger partial charge in [-0.2, -0.15) is 5.26 Å². The van der Waals surface area contributed by atoms with E-state index in [-0.39, 0.29) is 12.5 Å². The molecule has 2 aromatic carbocycles. The molecule has 0 fully saturated rings. The topological polar surface area (TPSA) is 91.7 Å². The molecule has 2 amide bonds. The maximum atomic E-state index is 12.4. The summed E-state index contributed by atoms with van der Waals surface area (Å²) in [7, 11) is 3.02. The predicted molar refractivity (Wildman–Crippen MR) is 97.4 cm³/mol. The van der Waals surface area contributed by atoms with Crippen molar-refractivity contribution in [2.45, 2.75) is 6.92 Å². The van der Waals surface area contributed by atoms with E-state index >= 15 is 0 Å². The zero-order valence-electron chi connectivity index (χ0n) is 14.8. The van der Waals surface area contributed by atoms with E-state index < -0.39 is 5.91 Å². The number of hydrogen-bond acceptors (Lipinski definition) is 5. The lowest BCUT2D eigenvalue weighted by molar-refractivity contribution is -0.120. The summed E-state index contributed by atoms with van der Waals surface area (Å²) in [4.78, 5) is 25.6. The van der Waals surface area contributed by atoms with Crippen LogP contribution in [0.25, 0.3) is 0 Å². The Bertz CT molecular complexity index is 858. The molecule has 134 valence electrons. The van der Waals surface area contributed by atoms with E-state index in [1.54, 1.807) is 42.5 Å². The van der Waals surface area contributed by atoms with Gasteiger partial charge in [0.15, 0.2) is 11.5 Å². The van der Waals surface area contributed by atoms with Crippen molar-refractivity contribution in [3.8, 4) is 17.6 Å². The molecule has 0 saturated carbocycles.